The summed E-state index contributed by atoms with van der Waals surface area (Å²) in [6, 6.07) is 11.2. The van der Waals surface area contributed by atoms with Crippen molar-refractivity contribution in [1.82, 2.24) is 0 Å². The fraction of sp³-hybridized carbons (Fsp3) is 0.125. The molecule has 3 rings (SSSR count). The zero-order chi connectivity index (χ0) is 15.7. The van der Waals surface area contributed by atoms with Crippen LogP contribution in [0.25, 0.3) is 5.57 Å². The summed E-state index contributed by atoms with van der Waals surface area (Å²) < 4.78 is 31.9. The van der Waals surface area contributed by atoms with Gasteiger partial charge in [0.05, 0.1) is 17.2 Å². The maximum absolute atomic E-state index is 13.0. The summed E-state index contributed by atoms with van der Waals surface area (Å²) in [5.41, 5.74) is 1.37. The van der Waals surface area contributed by atoms with Crippen LogP contribution in [0.5, 0.6) is 5.75 Å². The molecule has 1 aliphatic heterocycles. The maximum atomic E-state index is 13.0. The van der Waals surface area contributed by atoms with Gasteiger partial charge in [0.2, 0.25) is 5.69 Å². The average Bonchev–Trinajstić information content (AvgIpc) is 2.53. The van der Waals surface area contributed by atoms with E-state index in [0.717, 1.165) is 0 Å². The quantitative estimate of drug-likeness (QED) is 0.633. The number of nitriles is 1. The molecule has 0 N–H and O–H groups in total. The molecule has 6 heteroatoms. The number of nitrogens with zero attached hydrogens (tertiary/aromatic N) is 2. The van der Waals surface area contributed by atoms with Crippen molar-refractivity contribution < 1.29 is 18.2 Å². The van der Waals surface area contributed by atoms with Gasteiger partial charge in [-0.2, -0.15) is 9.99 Å². The minimum Gasteiger partial charge on any atom is -0.618 e. The van der Waals surface area contributed by atoms with Gasteiger partial charge in [0.25, 0.3) is 6.43 Å². The van der Waals surface area contributed by atoms with E-state index in [1.807, 2.05) is 6.07 Å². The number of aromatic nitrogens is 1. The molecule has 1 unspecified atom stereocenters. The van der Waals surface area contributed by atoms with Gasteiger partial charge in [0.15, 0.2) is 12.3 Å². The van der Waals surface area contributed by atoms with Crippen LogP contribution in [-0.2, 0) is 0 Å². The summed E-state index contributed by atoms with van der Waals surface area (Å²) in [5.74, 6) is 0.227. The molecule has 0 fully saturated rings. The molecular formula is C16H10F2N2O2. The third kappa shape index (κ3) is 2.37. The number of halogens is 2. The van der Waals surface area contributed by atoms with E-state index in [2.05, 4.69) is 0 Å². The Bertz CT molecular complexity index is 797. The zero-order valence-corrected chi connectivity index (χ0v) is 11.2. The number of hydrogen-bond acceptors (Lipinski definition) is 3. The molecule has 0 saturated carbocycles. The molecule has 1 aliphatic rings. The highest BCUT2D eigenvalue weighted by Crippen LogP contribution is 2.36. The normalized spacial score (nSPS) is 16.5. The second kappa shape index (κ2) is 5.45. The van der Waals surface area contributed by atoms with Gasteiger partial charge in [-0.05, 0) is 30.3 Å². The minimum absolute atomic E-state index is 0.227. The smallest absolute Gasteiger partial charge is 0.278 e. The fourth-order valence-corrected chi connectivity index (χ4v) is 2.33. The molecule has 22 heavy (non-hydrogen) atoms. The van der Waals surface area contributed by atoms with Crippen molar-refractivity contribution in [3.8, 4) is 11.8 Å². The van der Waals surface area contributed by atoms with Crippen molar-refractivity contribution in [2.75, 3.05) is 0 Å². The van der Waals surface area contributed by atoms with Crippen molar-refractivity contribution in [3.63, 3.8) is 0 Å². The monoisotopic (exact) mass is 300 g/mol. The molecule has 0 radical (unpaired) electrons. The molecule has 1 atom stereocenters. The second-order valence-electron chi connectivity index (χ2n) is 4.73. The van der Waals surface area contributed by atoms with Crippen LogP contribution < -0.4 is 9.47 Å². The standard InChI is InChI=1S/C16H10F2N2O2/c17-16(18)15-8-11(13-3-1-2-6-20(13)21)12-7-10(9-19)4-5-14(12)22-15/h1-8,15-16H. The number of ether oxygens (including phenoxy) is 1. The summed E-state index contributed by atoms with van der Waals surface area (Å²) in [4.78, 5) is 0. The van der Waals surface area contributed by atoms with E-state index in [4.69, 9.17) is 10.00 Å². The molecule has 0 spiro atoms. The SMILES string of the molecule is N#Cc1ccc2c(c1)C(c1cccc[n+]1[O-])=CC(C(F)F)O2. The molecule has 2 heterocycles. The van der Waals surface area contributed by atoms with Crippen LogP contribution in [-0.4, -0.2) is 12.5 Å². The number of benzene rings is 1. The molecule has 0 saturated heterocycles. The molecule has 2 aromatic rings. The highest BCUT2D eigenvalue weighted by molar-refractivity contribution is 5.82. The maximum Gasteiger partial charge on any atom is 0.278 e. The lowest BCUT2D eigenvalue weighted by Gasteiger charge is -2.24. The van der Waals surface area contributed by atoms with Gasteiger partial charge in [0.1, 0.15) is 5.75 Å². The van der Waals surface area contributed by atoms with Gasteiger partial charge < -0.3 is 9.94 Å². The first-order valence-corrected chi connectivity index (χ1v) is 6.50. The highest BCUT2D eigenvalue weighted by Gasteiger charge is 2.30. The second-order valence-corrected chi connectivity index (χ2v) is 4.73. The molecule has 0 aliphatic carbocycles. The number of rotatable bonds is 2. The third-order valence-corrected chi connectivity index (χ3v) is 3.34. The summed E-state index contributed by atoms with van der Waals surface area (Å²) in [7, 11) is 0. The van der Waals surface area contributed by atoms with Crippen LogP contribution in [0, 0.1) is 16.5 Å². The van der Waals surface area contributed by atoms with Gasteiger partial charge in [-0.25, -0.2) is 8.78 Å². The Hall–Kier alpha value is -2.94. The summed E-state index contributed by atoms with van der Waals surface area (Å²) >= 11 is 0. The van der Waals surface area contributed by atoms with Crippen LogP contribution in [0.2, 0.25) is 0 Å². The third-order valence-electron chi connectivity index (χ3n) is 3.34. The van der Waals surface area contributed by atoms with Gasteiger partial charge in [-0.1, -0.05) is 0 Å². The zero-order valence-electron chi connectivity index (χ0n) is 11.2. The molecule has 0 bridgehead atoms. The molecule has 4 nitrogen and oxygen atoms in total. The van der Waals surface area contributed by atoms with Gasteiger partial charge in [-0.15, -0.1) is 0 Å². The average molecular weight is 300 g/mol. The van der Waals surface area contributed by atoms with Crippen LogP contribution in [0.1, 0.15) is 16.8 Å². The lowest BCUT2D eigenvalue weighted by molar-refractivity contribution is -0.608. The summed E-state index contributed by atoms with van der Waals surface area (Å²) in [6.07, 6.45) is -1.65. The Kier molecular flexibility index (Phi) is 3.47. The molecule has 0 amide bonds. The predicted octanol–water partition coefficient (Wildman–Crippen LogP) is 2.65. The van der Waals surface area contributed by atoms with Crippen molar-refractivity contribution >= 4 is 5.57 Å². The Morgan fingerprint density at radius 2 is 2.09 bits per heavy atom. The van der Waals surface area contributed by atoms with E-state index in [-0.39, 0.29) is 11.4 Å². The van der Waals surface area contributed by atoms with Gasteiger partial charge in [-0.3, -0.25) is 0 Å². The van der Waals surface area contributed by atoms with Crippen molar-refractivity contribution in [2.45, 2.75) is 12.5 Å². The number of pyridine rings is 1. The Labute approximate surface area is 125 Å². The van der Waals surface area contributed by atoms with Gasteiger partial charge >= 0.3 is 0 Å². The first kappa shape index (κ1) is 14.0. The number of alkyl halides is 2. The van der Waals surface area contributed by atoms with Crippen molar-refractivity contribution in [3.05, 3.63) is 70.7 Å². The Balaban J connectivity index is 2.21. The van der Waals surface area contributed by atoms with Crippen LogP contribution in [0.4, 0.5) is 8.78 Å². The van der Waals surface area contributed by atoms with Crippen LogP contribution >= 0.6 is 0 Å². The molecule has 1 aromatic heterocycles. The van der Waals surface area contributed by atoms with Crippen LogP contribution in [0.15, 0.2) is 48.7 Å². The number of hydrogen-bond donors (Lipinski definition) is 0. The van der Waals surface area contributed by atoms with Gasteiger partial charge in [0, 0.05) is 17.7 Å². The predicted molar refractivity (Wildman–Crippen MR) is 74.1 cm³/mol. The first-order chi connectivity index (χ1) is 10.6. The van der Waals surface area contributed by atoms with Crippen molar-refractivity contribution in [2.24, 2.45) is 0 Å². The highest BCUT2D eigenvalue weighted by atomic mass is 19.3. The van der Waals surface area contributed by atoms with E-state index < -0.39 is 12.5 Å². The first-order valence-electron chi connectivity index (χ1n) is 6.50. The lowest BCUT2D eigenvalue weighted by atomic mass is 9.95. The Morgan fingerprint density at radius 3 is 2.77 bits per heavy atom. The van der Waals surface area contributed by atoms with E-state index in [0.29, 0.717) is 21.4 Å². The van der Waals surface area contributed by atoms with Crippen LogP contribution in [0.3, 0.4) is 0 Å². The lowest BCUT2D eigenvalue weighted by Crippen LogP contribution is -2.33. The largest absolute Gasteiger partial charge is 0.618 e. The van der Waals surface area contributed by atoms with Crippen molar-refractivity contribution in [1.29, 1.82) is 5.26 Å². The van der Waals surface area contributed by atoms with E-state index in [1.54, 1.807) is 12.1 Å². The number of fused-ring (bicyclic) bond motifs is 1. The summed E-state index contributed by atoms with van der Waals surface area (Å²) in [5, 5.41) is 20.9. The molecule has 1 aromatic carbocycles. The molecule has 110 valence electrons. The Morgan fingerprint density at radius 1 is 1.27 bits per heavy atom. The molecular weight excluding hydrogens is 290 g/mol. The van der Waals surface area contributed by atoms with E-state index in [1.165, 1.54) is 36.5 Å². The van der Waals surface area contributed by atoms with E-state index >= 15 is 0 Å². The fourth-order valence-electron chi connectivity index (χ4n) is 2.33. The topological polar surface area (TPSA) is 60.0 Å². The minimum atomic E-state index is -2.72. The summed E-state index contributed by atoms with van der Waals surface area (Å²) in [6.45, 7) is 0. The van der Waals surface area contributed by atoms with E-state index in [9.17, 15) is 14.0 Å².